The number of rotatable bonds is 8. The van der Waals surface area contributed by atoms with Crippen LogP contribution in [-0.2, 0) is 16.6 Å². The van der Waals surface area contributed by atoms with Crippen molar-refractivity contribution in [2.45, 2.75) is 32.4 Å². The third kappa shape index (κ3) is 5.78. The highest BCUT2D eigenvalue weighted by Gasteiger charge is 2.12. The van der Waals surface area contributed by atoms with Gasteiger partial charge in [-0.1, -0.05) is 44.2 Å². The smallest absolute Gasteiger partial charge is 0.0485 e. The lowest BCUT2D eigenvalue weighted by molar-refractivity contribution is 0.180. The molecule has 2 nitrogen and oxygen atoms in total. The van der Waals surface area contributed by atoms with Gasteiger partial charge in [-0.05, 0) is 30.2 Å². The van der Waals surface area contributed by atoms with Gasteiger partial charge in [-0.25, -0.2) is 0 Å². The molecule has 1 aromatic carbocycles. The second-order valence-electron chi connectivity index (χ2n) is 5.10. The van der Waals surface area contributed by atoms with Gasteiger partial charge in [0.2, 0.25) is 0 Å². The van der Waals surface area contributed by atoms with E-state index in [0.29, 0.717) is 17.6 Å². The van der Waals surface area contributed by atoms with Crippen LogP contribution in [0.2, 0.25) is 0 Å². The molecule has 0 bridgehead atoms. The van der Waals surface area contributed by atoms with E-state index in [2.05, 4.69) is 13.8 Å². The molecule has 1 unspecified atom stereocenters. The molecule has 0 saturated heterocycles. The van der Waals surface area contributed by atoms with Crippen molar-refractivity contribution in [3.63, 3.8) is 0 Å². The summed E-state index contributed by atoms with van der Waals surface area (Å²) in [6, 6.07) is 9.96. The molecule has 0 radical (unpaired) electrons. The summed E-state index contributed by atoms with van der Waals surface area (Å²) >= 11 is 0. The van der Waals surface area contributed by atoms with Crippen LogP contribution >= 0.6 is 0 Å². The zero-order valence-electron chi connectivity index (χ0n) is 11.3. The van der Waals surface area contributed by atoms with Crippen molar-refractivity contribution in [1.29, 1.82) is 0 Å². The summed E-state index contributed by atoms with van der Waals surface area (Å²) in [5, 5.41) is 9.22. The van der Waals surface area contributed by atoms with Gasteiger partial charge < -0.3 is 5.11 Å². The monoisotopic (exact) mass is 268 g/mol. The van der Waals surface area contributed by atoms with Crippen LogP contribution in [0.5, 0.6) is 0 Å². The van der Waals surface area contributed by atoms with E-state index in [0.717, 1.165) is 24.2 Å². The Kier molecular flexibility index (Phi) is 7.21. The van der Waals surface area contributed by atoms with Gasteiger partial charge in [-0.15, -0.1) is 0 Å². The van der Waals surface area contributed by atoms with Crippen LogP contribution in [0.1, 0.15) is 32.3 Å². The lowest BCUT2D eigenvalue weighted by atomic mass is 9.92. The van der Waals surface area contributed by atoms with Gasteiger partial charge in [-0.2, -0.15) is 0 Å². The SMILES string of the molecule is CC(C)[C@@H](CO)CCCS(=O)Cc1ccccc1. The first-order valence-corrected chi connectivity index (χ1v) is 8.12. The molecule has 2 atom stereocenters. The van der Waals surface area contributed by atoms with Crippen LogP contribution in [0.25, 0.3) is 0 Å². The van der Waals surface area contributed by atoms with Crippen molar-refractivity contribution >= 4 is 10.8 Å². The largest absolute Gasteiger partial charge is 0.396 e. The topological polar surface area (TPSA) is 37.3 Å². The molecule has 0 aliphatic carbocycles. The Morgan fingerprint density at radius 3 is 2.44 bits per heavy atom. The van der Waals surface area contributed by atoms with Gasteiger partial charge in [-0.3, -0.25) is 4.21 Å². The number of benzene rings is 1. The maximum absolute atomic E-state index is 11.9. The number of aliphatic hydroxyl groups is 1. The summed E-state index contributed by atoms with van der Waals surface area (Å²) in [5.74, 6) is 2.22. The second kappa shape index (κ2) is 8.44. The fourth-order valence-corrected chi connectivity index (χ4v) is 3.17. The maximum Gasteiger partial charge on any atom is 0.0485 e. The summed E-state index contributed by atoms with van der Waals surface area (Å²) in [7, 11) is -0.784. The molecular weight excluding hydrogens is 244 g/mol. The van der Waals surface area contributed by atoms with Crippen LogP contribution < -0.4 is 0 Å². The number of aliphatic hydroxyl groups excluding tert-OH is 1. The Hall–Kier alpha value is -0.670. The predicted molar refractivity (Wildman–Crippen MR) is 77.8 cm³/mol. The lowest BCUT2D eigenvalue weighted by Crippen LogP contribution is -2.14. The molecule has 0 aromatic heterocycles. The summed E-state index contributed by atoms with van der Waals surface area (Å²) < 4.78 is 11.9. The Bertz CT molecular complexity index is 349. The Morgan fingerprint density at radius 1 is 1.22 bits per heavy atom. The van der Waals surface area contributed by atoms with Gasteiger partial charge in [0, 0.05) is 28.9 Å². The fourth-order valence-electron chi connectivity index (χ4n) is 1.97. The van der Waals surface area contributed by atoms with E-state index in [1.165, 1.54) is 0 Å². The highest BCUT2D eigenvalue weighted by atomic mass is 32.2. The highest BCUT2D eigenvalue weighted by Crippen LogP contribution is 2.16. The molecule has 0 aliphatic heterocycles. The molecular formula is C15H24O2S. The summed E-state index contributed by atoms with van der Waals surface area (Å²) in [6.07, 6.45) is 1.90. The van der Waals surface area contributed by atoms with Crippen LogP contribution in [-0.4, -0.2) is 21.7 Å². The molecule has 0 fully saturated rings. The van der Waals surface area contributed by atoms with Crippen molar-refractivity contribution in [3.05, 3.63) is 35.9 Å². The summed E-state index contributed by atoms with van der Waals surface area (Å²) in [4.78, 5) is 0. The first kappa shape index (κ1) is 15.4. The third-order valence-corrected chi connectivity index (χ3v) is 4.69. The van der Waals surface area contributed by atoms with E-state index in [1.807, 2.05) is 30.3 Å². The molecule has 1 N–H and O–H groups in total. The highest BCUT2D eigenvalue weighted by molar-refractivity contribution is 7.84. The minimum Gasteiger partial charge on any atom is -0.396 e. The molecule has 0 amide bonds. The standard InChI is InChI=1S/C15H24O2S/c1-13(2)15(11-16)9-6-10-18(17)12-14-7-4-3-5-8-14/h3-5,7-8,13,15-16H,6,9-12H2,1-2H3/t15-,18?/m1/s1. The van der Waals surface area contributed by atoms with Gasteiger partial charge >= 0.3 is 0 Å². The van der Waals surface area contributed by atoms with Crippen LogP contribution in [0.15, 0.2) is 30.3 Å². The maximum atomic E-state index is 11.9. The van der Waals surface area contributed by atoms with E-state index in [1.54, 1.807) is 0 Å². The van der Waals surface area contributed by atoms with E-state index < -0.39 is 10.8 Å². The normalized spacial score (nSPS) is 14.7. The average molecular weight is 268 g/mol. The molecule has 0 saturated carbocycles. The fraction of sp³-hybridized carbons (Fsp3) is 0.600. The van der Waals surface area contributed by atoms with Gasteiger partial charge in [0.1, 0.15) is 0 Å². The molecule has 1 rings (SSSR count). The molecule has 102 valence electrons. The van der Waals surface area contributed by atoms with Crippen molar-refractivity contribution in [3.8, 4) is 0 Å². The predicted octanol–water partition coefficient (Wildman–Crippen LogP) is 2.98. The molecule has 1 aromatic rings. The van der Waals surface area contributed by atoms with Crippen molar-refractivity contribution < 1.29 is 9.32 Å². The molecule has 18 heavy (non-hydrogen) atoms. The van der Waals surface area contributed by atoms with Crippen molar-refractivity contribution in [1.82, 2.24) is 0 Å². The second-order valence-corrected chi connectivity index (χ2v) is 6.68. The van der Waals surface area contributed by atoms with Crippen LogP contribution in [0.3, 0.4) is 0 Å². The molecule has 0 heterocycles. The Labute approximate surface area is 113 Å². The van der Waals surface area contributed by atoms with Crippen molar-refractivity contribution in [2.75, 3.05) is 12.4 Å². The van der Waals surface area contributed by atoms with E-state index in [4.69, 9.17) is 0 Å². The molecule has 0 aliphatic rings. The Balaban J connectivity index is 2.25. The quantitative estimate of drug-likeness (QED) is 0.787. The first-order chi connectivity index (χ1) is 8.63. The van der Waals surface area contributed by atoms with Crippen molar-refractivity contribution in [2.24, 2.45) is 11.8 Å². The zero-order chi connectivity index (χ0) is 13.4. The van der Waals surface area contributed by atoms with E-state index in [9.17, 15) is 9.32 Å². The first-order valence-electron chi connectivity index (χ1n) is 6.63. The van der Waals surface area contributed by atoms with Crippen LogP contribution in [0.4, 0.5) is 0 Å². The lowest BCUT2D eigenvalue weighted by Gasteiger charge is -2.17. The van der Waals surface area contributed by atoms with Gasteiger partial charge in [0.05, 0.1) is 0 Å². The minimum absolute atomic E-state index is 0.239. The average Bonchev–Trinajstić information content (AvgIpc) is 2.35. The number of hydrogen-bond acceptors (Lipinski definition) is 2. The summed E-state index contributed by atoms with van der Waals surface area (Å²) in [5.41, 5.74) is 1.14. The Morgan fingerprint density at radius 2 is 1.89 bits per heavy atom. The molecule has 0 spiro atoms. The molecule has 3 heteroatoms. The number of hydrogen-bond donors (Lipinski definition) is 1. The zero-order valence-corrected chi connectivity index (χ0v) is 12.2. The third-order valence-electron chi connectivity index (χ3n) is 3.29. The minimum atomic E-state index is -0.784. The van der Waals surface area contributed by atoms with Crippen LogP contribution in [0, 0.1) is 11.8 Å². The van der Waals surface area contributed by atoms with E-state index >= 15 is 0 Å². The van der Waals surface area contributed by atoms with Gasteiger partial charge in [0.15, 0.2) is 0 Å². The summed E-state index contributed by atoms with van der Waals surface area (Å²) in [6.45, 7) is 4.49. The van der Waals surface area contributed by atoms with E-state index in [-0.39, 0.29) is 6.61 Å². The van der Waals surface area contributed by atoms with Gasteiger partial charge in [0.25, 0.3) is 0 Å².